The van der Waals surface area contributed by atoms with Gasteiger partial charge in [-0.2, -0.15) is 11.3 Å². The summed E-state index contributed by atoms with van der Waals surface area (Å²) in [6.45, 7) is 4.13. The summed E-state index contributed by atoms with van der Waals surface area (Å²) in [4.78, 5) is 25.5. The summed E-state index contributed by atoms with van der Waals surface area (Å²) < 4.78 is 7.66. The Hall–Kier alpha value is -2.59. The number of nitrogens with zero attached hydrogens (tertiary/aromatic N) is 7. The first-order valence-electron chi connectivity index (χ1n) is 9.52. The molecule has 0 bridgehead atoms. The Kier molecular flexibility index (Phi) is 4.65. The van der Waals surface area contributed by atoms with E-state index in [1.54, 1.807) is 11.0 Å². The number of anilines is 1. The number of aromatic nitrogens is 5. The van der Waals surface area contributed by atoms with Crippen LogP contribution in [0.25, 0.3) is 11.2 Å². The van der Waals surface area contributed by atoms with Crippen molar-refractivity contribution in [3.8, 4) is 0 Å². The fraction of sp³-hybridized carbons (Fsp3) is 0.500. The summed E-state index contributed by atoms with van der Waals surface area (Å²) in [5.41, 5.74) is 2.17. The molecule has 3 aromatic rings. The van der Waals surface area contributed by atoms with E-state index < -0.39 is 0 Å². The van der Waals surface area contributed by atoms with Crippen LogP contribution in [-0.4, -0.2) is 74.7 Å². The third kappa shape index (κ3) is 3.22. The molecule has 2 fully saturated rings. The van der Waals surface area contributed by atoms with Crippen LogP contribution >= 0.6 is 11.3 Å². The monoisotopic (exact) mass is 399 g/mol. The van der Waals surface area contributed by atoms with Gasteiger partial charge in [-0.05, 0) is 24.3 Å². The standard InChI is InChI=1S/C18H21N7O2S/c26-18(13-3-8-28-11-13)24-6-7-27-14(9-24)10-25-17-15(21-22-25)16(19-12-20-17)23-4-1-2-5-23/h3,8,11-12,14H,1-2,4-7,9-10H2/t14-/m0/s1. The molecule has 5 rings (SSSR count). The van der Waals surface area contributed by atoms with Gasteiger partial charge < -0.3 is 14.5 Å². The molecule has 0 unspecified atom stereocenters. The van der Waals surface area contributed by atoms with E-state index in [2.05, 4.69) is 25.2 Å². The Morgan fingerprint density at radius 2 is 2.14 bits per heavy atom. The smallest absolute Gasteiger partial charge is 0.254 e. The largest absolute Gasteiger partial charge is 0.373 e. The molecule has 2 saturated heterocycles. The number of amides is 1. The van der Waals surface area contributed by atoms with Crippen molar-refractivity contribution in [2.24, 2.45) is 0 Å². The Labute approximate surface area is 165 Å². The minimum absolute atomic E-state index is 0.0524. The van der Waals surface area contributed by atoms with Crippen molar-refractivity contribution in [3.05, 3.63) is 28.7 Å². The van der Waals surface area contributed by atoms with Gasteiger partial charge in [-0.25, -0.2) is 14.6 Å². The highest BCUT2D eigenvalue weighted by Crippen LogP contribution is 2.24. The molecule has 10 heteroatoms. The number of hydrogen-bond acceptors (Lipinski definition) is 8. The second kappa shape index (κ2) is 7.44. The van der Waals surface area contributed by atoms with Crippen molar-refractivity contribution >= 4 is 34.2 Å². The SMILES string of the molecule is O=C(c1ccsc1)N1CCO[C@H](Cn2nnc3c(N4CCCC4)ncnc32)C1. The van der Waals surface area contributed by atoms with Gasteiger partial charge in [-0.1, -0.05) is 5.21 Å². The normalized spacial score (nSPS) is 20.2. The van der Waals surface area contributed by atoms with Gasteiger partial charge in [0.1, 0.15) is 6.33 Å². The van der Waals surface area contributed by atoms with Gasteiger partial charge in [0.05, 0.1) is 24.8 Å². The van der Waals surface area contributed by atoms with Gasteiger partial charge in [0.15, 0.2) is 17.0 Å². The van der Waals surface area contributed by atoms with Crippen LogP contribution in [0, 0.1) is 0 Å². The lowest BCUT2D eigenvalue weighted by Gasteiger charge is -2.32. The fourth-order valence-corrected chi connectivity index (χ4v) is 4.47. The van der Waals surface area contributed by atoms with E-state index in [-0.39, 0.29) is 12.0 Å². The number of rotatable bonds is 4. The maximum Gasteiger partial charge on any atom is 0.254 e. The zero-order valence-corrected chi connectivity index (χ0v) is 16.2. The van der Waals surface area contributed by atoms with Gasteiger partial charge in [0.25, 0.3) is 5.91 Å². The van der Waals surface area contributed by atoms with Crippen molar-refractivity contribution < 1.29 is 9.53 Å². The average molecular weight is 399 g/mol. The highest BCUT2D eigenvalue weighted by molar-refractivity contribution is 7.08. The third-order valence-electron chi connectivity index (χ3n) is 5.26. The minimum atomic E-state index is -0.147. The van der Waals surface area contributed by atoms with E-state index in [0.717, 1.165) is 30.0 Å². The number of hydrogen-bond donors (Lipinski definition) is 0. The van der Waals surface area contributed by atoms with E-state index in [0.29, 0.717) is 31.9 Å². The van der Waals surface area contributed by atoms with Gasteiger partial charge >= 0.3 is 0 Å². The number of carbonyl (C=O) groups is 1. The maximum absolute atomic E-state index is 12.6. The summed E-state index contributed by atoms with van der Waals surface area (Å²) in [6.07, 6.45) is 3.77. The molecule has 146 valence electrons. The molecule has 28 heavy (non-hydrogen) atoms. The van der Waals surface area contributed by atoms with Crippen LogP contribution in [0.5, 0.6) is 0 Å². The van der Waals surface area contributed by atoms with Gasteiger partial charge in [0, 0.05) is 31.6 Å². The molecule has 0 aromatic carbocycles. The molecule has 2 aliphatic heterocycles. The molecule has 2 aliphatic rings. The minimum Gasteiger partial charge on any atom is -0.373 e. The first kappa shape index (κ1) is 17.5. The molecule has 1 atom stereocenters. The van der Waals surface area contributed by atoms with E-state index >= 15 is 0 Å². The molecule has 5 heterocycles. The van der Waals surface area contributed by atoms with Crippen molar-refractivity contribution in [1.29, 1.82) is 0 Å². The summed E-state index contributed by atoms with van der Waals surface area (Å²) >= 11 is 1.53. The second-order valence-electron chi connectivity index (χ2n) is 7.09. The molecule has 1 amide bonds. The maximum atomic E-state index is 12.6. The highest BCUT2D eigenvalue weighted by Gasteiger charge is 2.27. The predicted molar refractivity (Wildman–Crippen MR) is 105 cm³/mol. The van der Waals surface area contributed by atoms with Crippen LogP contribution in [-0.2, 0) is 11.3 Å². The average Bonchev–Trinajstić information content (AvgIpc) is 3.49. The molecule has 0 radical (unpaired) electrons. The van der Waals surface area contributed by atoms with E-state index in [9.17, 15) is 4.79 Å². The van der Waals surface area contributed by atoms with Crippen molar-refractivity contribution in [3.63, 3.8) is 0 Å². The lowest BCUT2D eigenvalue weighted by Crippen LogP contribution is -2.47. The van der Waals surface area contributed by atoms with Crippen LogP contribution in [0.1, 0.15) is 23.2 Å². The molecular formula is C18H21N7O2S. The lowest BCUT2D eigenvalue weighted by molar-refractivity contribution is -0.0297. The van der Waals surface area contributed by atoms with Gasteiger partial charge in [-0.15, -0.1) is 5.10 Å². The fourth-order valence-electron chi connectivity index (χ4n) is 3.84. The summed E-state index contributed by atoms with van der Waals surface area (Å²) in [5, 5.41) is 12.4. The Balaban J connectivity index is 1.34. The Morgan fingerprint density at radius 1 is 1.25 bits per heavy atom. The topological polar surface area (TPSA) is 89.3 Å². The number of ether oxygens (including phenoxy) is 1. The van der Waals surface area contributed by atoms with E-state index in [1.165, 1.54) is 24.2 Å². The number of fused-ring (bicyclic) bond motifs is 1. The van der Waals surface area contributed by atoms with Crippen molar-refractivity contribution in [2.75, 3.05) is 37.7 Å². The molecule has 0 spiro atoms. The number of thiophene rings is 1. The Bertz CT molecular complexity index is 968. The first-order chi connectivity index (χ1) is 13.8. The molecule has 9 nitrogen and oxygen atoms in total. The summed E-state index contributed by atoms with van der Waals surface area (Å²) in [7, 11) is 0. The Morgan fingerprint density at radius 3 is 2.96 bits per heavy atom. The van der Waals surface area contributed by atoms with Crippen LogP contribution in [0.2, 0.25) is 0 Å². The quantitative estimate of drug-likeness (QED) is 0.655. The van der Waals surface area contributed by atoms with Crippen molar-refractivity contribution in [2.45, 2.75) is 25.5 Å². The van der Waals surface area contributed by atoms with E-state index in [4.69, 9.17) is 4.74 Å². The zero-order chi connectivity index (χ0) is 18.9. The summed E-state index contributed by atoms with van der Waals surface area (Å²) in [5.74, 6) is 0.907. The molecule has 0 aliphatic carbocycles. The van der Waals surface area contributed by atoms with Crippen LogP contribution in [0.4, 0.5) is 5.82 Å². The third-order valence-corrected chi connectivity index (χ3v) is 5.94. The number of morpholine rings is 1. The van der Waals surface area contributed by atoms with Gasteiger partial charge in [-0.3, -0.25) is 4.79 Å². The lowest BCUT2D eigenvalue weighted by atomic mass is 10.2. The number of carbonyl (C=O) groups excluding carboxylic acids is 1. The zero-order valence-electron chi connectivity index (χ0n) is 15.4. The van der Waals surface area contributed by atoms with Crippen LogP contribution in [0.15, 0.2) is 23.2 Å². The molecule has 0 N–H and O–H groups in total. The second-order valence-corrected chi connectivity index (χ2v) is 7.87. The van der Waals surface area contributed by atoms with Crippen molar-refractivity contribution in [1.82, 2.24) is 29.9 Å². The molecule has 0 saturated carbocycles. The summed E-state index contributed by atoms with van der Waals surface area (Å²) in [6, 6.07) is 1.86. The first-order valence-corrected chi connectivity index (χ1v) is 10.5. The van der Waals surface area contributed by atoms with Crippen LogP contribution in [0.3, 0.4) is 0 Å². The van der Waals surface area contributed by atoms with Crippen LogP contribution < -0.4 is 4.90 Å². The molecular weight excluding hydrogens is 378 g/mol. The van der Waals surface area contributed by atoms with E-state index in [1.807, 2.05) is 21.7 Å². The molecule has 3 aromatic heterocycles. The predicted octanol–water partition coefficient (Wildman–Crippen LogP) is 1.42. The highest BCUT2D eigenvalue weighted by atomic mass is 32.1. The van der Waals surface area contributed by atoms with Gasteiger partial charge in [0.2, 0.25) is 0 Å².